The Morgan fingerprint density at radius 2 is 0.726 bits per heavy atom. The summed E-state index contributed by atoms with van der Waals surface area (Å²) in [5.41, 5.74) is 0. The van der Waals surface area contributed by atoms with Crippen molar-refractivity contribution in [1.82, 2.24) is 5.32 Å². The molecule has 0 aromatic carbocycles. The van der Waals surface area contributed by atoms with Gasteiger partial charge in [0.25, 0.3) is 0 Å². The van der Waals surface area contributed by atoms with Crippen molar-refractivity contribution in [2.75, 3.05) is 26.4 Å². The maximum atomic E-state index is 13.4. The van der Waals surface area contributed by atoms with Crippen LogP contribution in [0.25, 0.3) is 0 Å². The Morgan fingerprint density at radius 3 is 1.14 bits per heavy atom. The van der Waals surface area contributed by atoms with E-state index in [0.29, 0.717) is 12.8 Å². The maximum absolute atomic E-state index is 13.4. The van der Waals surface area contributed by atoms with E-state index in [2.05, 4.69) is 141 Å². The first-order valence-corrected chi connectivity index (χ1v) is 36.3. The molecule has 3 aliphatic heterocycles. The minimum atomic E-state index is -1.98. The third kappa shape index (κ3) is 37.3. The monoisotopic (exact) mass is 1340 g/mol. The summed E-state index contributed by atoms with van der Waals surface area (Å²) in [7, 11) is 0. The van der Waals surface area contributed by atoms with Crippen molar-refractivity contribution in [3.63, 3.8) is 0 Å². The van der Waals surface area contributed by atoms with Gasteiger partial charge in [0.05, 0.1) is 38.6 Å². The van der Waals surface area contributed by atoms with Gasteiger partial charge in [-0.25, -0.2) is 0 Å². The number of ether oxygens (including phenoxy) is 6. The highest BCUT2D eigenvalue weighted by atomic mass is 16.8. The molecule has 3 aliphatic rings. The van der Waals surface area contributed by atoms with Gasteiger partial charge in [-0.1, -0.05) is 245 Å². The Labute approximate surface area is 569 Å². The second-order valence-corrected chi connectivity index (χ2v) is 25.3. The van der Waals surface area contributed by atoms with Crippen molar-refractivity contribution in [2.24, 2.45) is 0 Å². The van der Waals surface area contributed by atoms with E-state index in [1.165, 1.54) is 57.8 Å². The van der Waals surface area contributed by atoms with E-state index in [9.17, 15) is 61.0 Å². The predicted molar refractivity (Wildman–Crippen MR) is 373 cm³/mol. The molecular weight excluding hydrogens is 1210 g/mol. The van der Waals surface area contributed by atoms with Crippen LogP contribution in [-0.2, 0) is 33.2 Å². The Morgan fingerprint density at radius 1 is 0.389 bits per heavy atom. The van der Waals surface area contributed by atoms with Crippen LogP contribution in [0.2, 0.25) is 0 Å². The van der Waals surface area contributed by atoms with Gasteiger partial charge in [0.2, 0.25) is 5.91 Å². The first-order valence-electron chi connectivity index (χ1n) is 36.3. The molecule has 19 nitrogen and oxygen atoms in total. The van der Waals surface area contributed by atoms with E-state index in [1.54, 1.807) is 0 Å². The molecule has 12 N–H and O–H groups in total. The molecule has 17 unspecified atom stereocenters. The standard InChI is InChI=1S/C76H127NO18/c1-3-5-7-9-11-13-15-16-17-18-19-20-21-22-23-24-25-26-27-28-29-30-31-32-33-34-35-36-37-38-39-40-41-42-44-46-48-50-52-54-64(82)77-59(60(81)53-51-49-47-45-43-14-12-10-8-6-4-2)58-90-74-70(88)67(85)72(62(56-79)92-74)95-76-71(89)68(86)73(63(57-80)93-76)94-75-69(87)66(84)65(83)61(55-78)91-75/h5,7,11,13,16-17,19-20,22-23,25-26,28-29,31-32,34-35,37-38,59-63,65-76,78-81,83-89H,3-4,6,8-10,12,14-15,18,21,24,27,30,33,36,39-58H2,1-2H3,(H,77,82)/b7-5-,13-11-,17-16-,20-19-,23-22-,26-25-,29-28-,32-31-,35-34-,38-37-. The van der Waals surface area contributed by atoms with Crippen LogP contribution in [0.3, 0.4) is 0 Å². The van der Waals surface area contributed by atoms with Crippen molar-refractivity contribution in [3.05, 3.63) is 122 Å². The predicted octanol–water partition coefficient (Wildman–Crippen LogP) is 10.4. The Hall–Kier alpha value is -3.81. The van der Waals surface area contributed by atoms with Gasteiger partial charge >= 0.3 is 0 Å². The van der Waals surface area contributed by atoms with Crippen LogP contribution < -0.4 is 5.32 Å². The summed E-state index contributed by atoms with van der Waals surface area (Å²) >= 11 is 0. The summed E-state index contributed by atoms with van der Waals surface area (Å²) < 4.78 is 34.3. The molecule has 3 heterocycles. The number of carbonyl (C=O) groups is 1. The number of amides is 1. The van der Waals surface area contributed by atoms with Crippen molar-refractivity contribution < 1.29 is 89.4 Å². The van der Waals surface area contributed by atoms with Crippen LogP contribution in [0.5, 0.6) is 0 Å². The molecule has 0 aliphatic carbocycles. The molecule has 3 fully saturated rings. The van der Waals surface area contributed by atoms with Crippen LogP contribution in [0.1, 0.15) is 219 Å². The minimum absolute atomic E-state index is 0.249. The number of aliphatic hydroxyl groups excluding tert-OH is 11. The topological polar surface area (TPSA) is 307 Å². The number of carbonyl (C=O) groups excluding carboxylic acids is 1. The molecule has 1 amide bonds. The summed E-state index contributed by atoms with van der Waals surface area (Å²) in [5, 5.41) is 120. The molecular formula is C76H127NO18. The summed E-state index contributed by atoms with van der Waals surface area (Å²) in [6.45, 7) is 1.64. The molecule has 0 spiro atoms. The summed E-state index contributed by atoms with van der Waals surface area (Å²) in [5.74, 6) is -0.258. The summed E-state index contributed by atoms with van der Waals surface area (Å²) in [6, 6.07) is -0.899. The Bertz CT molecular complexity index is 2190. The van der Waals surface area contributed by atoms with E-state index in [4.69, 9.17) is 28.4 Å². The van der Waals surface area contributed by atoms with E-state index >= 15 is 0 Å². The van der Waals surface area contributed by atoms with E-state index < -0.39 is 124 Å². The highest BCUT2D eigenvalue weighted by Crippen LogP contribution is 2.33. The molecule has 0 aromatic heterocycles. The lowest BCUT2D eigenvalue weighted by Crippen LogP contribution is -2.66. The van der Waals surface area contributed by atoms with Crippen LogP contribution in [0.4, 0.5) is 0 Å². The molecule has 3 saturated heterocycles. The smallest absolute Gasteiger partial charge is 0.220 e. The van der Waals surface area contributed by atoms with Gasteiger partial charge in [0, 0.05) is 6.42 Å². The lowest BCUT2D eigenvalue weighted by molar-refractivity contribution is -0.379. The molecule has 0 aromatic rings. The fourth-order valence-electron chi connectivity index (χ4n) is 11.5. The van der Waals surface area contributed by atoms with Gasteiger partial charge in [0.15, 0.2) is 18.9 Å². The zero-order valence-electron chi connectivity index (χ0n) is 57.6. The number of hydrogen-bond donors (Lipinski definition) is 12. The lowest BCUT2D eigenvalue weighted by atomic mass is 9.96. The highest BCUT2D eigenvalue weighted by Gasteiger charge is 2.53. The van der Waals surface area contributed by atoms with Gasteiger partial charge in [-0.3, -0.25) is 4.79 Å². The van der Waals surface area contributed by atoms with E-state index in [1.807, 2.05) is 0 Å². The quantitative estimate of drug-likeness (QED) is 0.0199. The molecule has 95 heavy (non-hydrogen) atoms. The number of aliphatic hydroxyl groups is 11. The first kappa shape index (κ1) is 85.4. The number of rotatable bonds is 54. The lowest BCUT2D eigenvalue weighted by Gasteiger charge is -2.48. The molecule has 17 atom stereocenters. The number of unbranched alkanes of at least 4 members (excludes halogenated alkanes) is 18. The first-order chi connectivity index (χ1) is 46.3. The third-order valence-corrected chi connectivity index (χ3v) is 17.3. The van der Waals surface area contributed by atoms with Crippen molar-refractivity contribution in [1.29, 1.82) is 0 Å². The summed E-state index contributed by atoms with van der Waals surface area (Å²) in [6.07, 6.45) is 50.1. The van der Waals surface area contributed by atoms with Crippen molar-refractivity contribution in [2.45, 2.75) is 324 Å². The van der Waals surface area contributed by atoms with Crippen molar-refractivity contribution >= 4 is 5.91 Å². The van der Waals surface area contributed by atoms with Gasteiger partial charge in [-0.2, -0.15) is 0 Å². The molecule has 0 radical (unpaired) electrons. The van der Waals surface area contributed by atoms with Crippen molar-refractivity contribution in [3.8, 4) is 0 Å². The van der Waals surface area contributed by atoms with Crippen LogP contribution in [0, 0.1) is 0 Å². The molecule has 0 saturated carbocycles. The fourth-order valence-corrected chi connectivity index (χ4v) is 11.5. The summed E-state index contributed by atoms with van der Waals surface area (Å²) in [4.78, 5) is 13.4. The zero-order chi connectivity index (χ0) is 68.9. The fraction of sp³-hybridized carbons (Fsp3) is 0.724. The number of hydrogen-bond acceptors (Lipinski definition) is 18. The maximum Gasteiger partial charge on any atom is 0.220 e. The number of allylic oxidation sites excluding steroid dienone is 20. The second kappa shape index (κ2) is 56.0. The van der Waals surface area contributed by atoms with Gasteiger partial charge in [0.1, 0.15) is 73.2 Å². The number of nitrogens with one attached hydrogen (secondary N) is 1. The third-order valence-electron chi connectivity index (χ3n) is 17.3. The second-order valence-electron chi connectivity index (χ2n) is 25.3. The molecule has 19 heteroatoms. The molecule has 0 bridgehead atoms. The molecule has 3 rings (SSSR count). The van der Waals surface area contributed by atoms with Gasteiger partial charge in [-0.15, -0.1) is 0 Å². The van der Waals surface area contributed by atoms with E-state index in [-0.39, 0.29) is 18.9 Å². The van der Waals surface area contributed by atoms with Gasteiger partial charge < -0.3 is 89.9 Å². The van der Waals surface area contributed by atoms with Crippen LogP contribution in [-0.4, -0.2) is 193 Å². The average Bonchev–Trinajstić information content (AvgIpc) is 0.787. The van der Waals surface area contributed by atoms with Gasteiger partial charge in [-0.05, 0) is 89.9 Å². The zero-order valence-corrected chi connectivity index (χ0v) is 57.6. The van der Waals surface area contributed by atoms with Crippen LogP contribution >= 0.6 is 0 Å². The highest BCUT2D eigenvalue weighted by molar-refractivity contribution is 5.76. The SMILES string of the molecule is CC/C=C\C/C=C\C/C=C\C/C=C\C/C=C\C/C=C\C/C=C\C/C=C\C/C=C\C/C=C\CCCCCCCCCCC(=O)NC(COC1OC(CO)C(OC2OC(CO)C(OC3OC(CO)C(O)C(O)C3O)C(O)C2O)C(O)C1O)C(O)CCCCCCCCCCCCC. The normalized spacial score (nSPS) is 27.9. The van der Waals surface area contributed by atoms with E-state index in [0.717, 1.165) is 128 Å². The Balaban J connectivity index is 1.33. The van der Waals surface area contributed by atoms with Crippen LogP contribution in [0.15, 0.2) is 122 Å². The largest absolute Gasteiger partial charge is 0.394 e. The Kier molecular flexibility index (Phi) is 50.3. The molecule has 544 valence electrons. The minimum Gasteiger partial charge on any atom is -0.394 e. The average molecular weight is 1340 g/mol.